The van der Waals surface area contributed by atoms with E-state index in [-0.39, 0.29) is 0 Å². The second-order valence-corrected chi connectivity index (χ2v) is 24.4. The van der Waals surface area contributed by atoms with Crippen molar-refractivity contribution >= 4 is 160 Å². The molecule has 20 aromatic rings. The Morgan fingerprint density at radius 1 is 0.277 bits per heavy atom. The number of aromatic nitrogens is 6. The molecule has 0 radical (unpaired) electrons. The first kappa shape index (κ1) is 55.1. The molecule has 0 bridgehead atoms. The molecule has 20 rings (SSSR count). The van der Waals surface area contributed by atoms with Crippen molar-refractivity contribution < 1.29 is 18.9 Å². The van der Waals surface area contributed by atoms with Gasteiger partial charge in [-0.2, -0.15) is 0 Å². The van der Waals surface area contributed by atoms with Gasteiger partial charge in [0.05, 0.1) is 49.8 Å². The van der Waals surface area contributed by atoms with Crippen LogP contribution in [0.4, 0.5) is 0 Å². The Bertz CT molecular complexity index is 6190. The maximum absolute atomic E-state index is 9.56. The molecule has 0 aliphatic carbocycles. The summed E-state index contributed by atoms with van der Waals surface area (Å²) >= 11 is 3.45. The van der Waals surface area contributed by atoms with E-state index in [0.29, 0.717) is 5.46 Å². The molecule has 8 aromatic heterocycles. The third-order valence-electron chi connectivity index (χ3n) is 18.3. The maximum atomic E-state index is 9.56. The number of hydrogen-bond acceptors (Lipinski definition) is 6. The molecule has 0 spiro atoms. The van der Waals surface area contributed by atoms with Gasteiger partial charge in [-0.15, -0.1) is 0 Å². The topological polar surface area (TPSA) is 112 Å². The molecule has 0 saturated carbocycles. The zero-order valence-electron chi connectivity index (χ0n) is 50.2. The molecular formula is C82H52BBrN6O4. The number of hydrogen-bond donors (Lipinski definition) is 2. The van der Waals surface area contributed by atoms with Crippen molar-refractivity contribution in [3.8, 4) is 34.3 Å². The van der Waals surface area contributed by atoms with E-state index in [0.717, 1.165) is 105 Å². The van der Waals surface area contributed by atoms with E-state index in [1.807, 2.05) is 24.3 Å². The summed E-state index contributed by atoms with van der Waals surface area (Å²) in [5, 5.41) is 33.0. The summed E-state index contributed by atoms with van der Waals surface area (Å²) in [5.74, 6) is 1.83. The van der Waals surface area contributed by atoms with Crippen LogP contribution < -0.4 is 5.46 Å². The van der Waals surface area contributed by atoms with Crippen molar-refractivity contribution in [2.75, 3.05) is 0 Å². The van der Waals surface area contributed by atoms with Crippen LogP contribution in [0, 0.1) is 0 Å². The molecule has 0 unspecified atom stereocenters. The standard InChI is InChI=1S/C41H25N3O.C24H16BNO3.C17H11BrN2/c1-5-15-35-28(10-1)29-11-2-6-16-36(29)43(35)27-21-23-40-33(25-27)32-24-26(20-22-39(32)45-40)34-14-9-19-41(42-34)44-37-17-7-3-12-30(37)31-13-4-8-18-38(31)44;27-25(28)15-9-11-23-19(13-15)20-14-16(10-12-24(20)29-23)26-21-7-3-1-5-17(21)18-6-2-4-8-22(18)26;18-16-10-5-11-17(19-16)20-14-8-3-1-6-12(14)13-7-2-4-9-15(13)20/h1-25H;1-14,27-28H;1-11H. The van der Waals surface area contributed by atoms with E-state index < -0.39 is 7.12 Å². The van der Waals surface area contributed by atoms with Gasteiger partial charge in [0.15, 0.2) is 0 Å². The quantitative estimate of drug-likeness (QED) is 0.127. The van der Waals surface area contributed by atoms with Crippen LogP contribution in [0.5, 0.6) is 0 Å². The number of benzene rings is 12. The molecule has 12 aromatic carbocycles. The summed E-state index contributed by atoms with van der Waals surface area (Å²) in [6.07, 6.45) is 0. The molecule has 2 N–H and O–H groups in total. The smallest absolute Gasteiger partial charge is 0.456 e. The van der Waals surface area contributed by atoms with Crippen molar-refractivity contribution in [1.29, 1.82) is 0 Å². The van der Waals surface area contributed by atoms with Crippen molar-refractivity contribution in [2.24, 2.45) is 0 Å². The van der Waals surface area contributed by atoms with Gasteiger partial charge in [0.25, 0.3) is 0 Å². The van der Waals surface area contributed by atoms with Crippen molar-refractivity contribution in [1.82, 2.24) is 28.2 Å². The highest BCUT2D eigenvalue weighted by atomic mass is 79.9. The van der Waals surface area contributed by atoms with E-state index in [1.165, 1.54) is 65.2 Å². The van der Waals surface area contributed by atoms with Gasteiger partial charge < -0.3 is 28.0 Å². The van der Waals surface area contributed by atoms with E-state index in [2.05, 4.69) is 300 Å². The zero-order chi connectivity index (χ0) is 62.5. The van der Waals surface area contributed by atoms with Gasteiger partial charge in [-0.1, -0.05) is 170 Å². The Balaban J connectivity index is 0.000000113. The van der Waals surface area contributed by atoms with Crippen LogP contribution in [0.2, 0.25) is 0 Å². The number of furan rings is 2. The minimum absolute atomic E-state index is 0.447. The van der Waals surface area contributed by atoms with Gasteiger partial charge in [-0.05, 0) is 155 Å². The number of para-hydroxylation sites is 8. The fraction of sp³-hybridized carbons (Fsp3) is 0. The number of halogens is 1. The van der Waals surface area contributed by atoms with Crippen molar-refractivity contribution in [3.63, 3.8) is 0 Å². The molecule has 94 heavy (non-hydrogen) atoms. The molecule has 0 aliphatic rings. The normalized spacial score (nSPS) is 11.8. The van der Waals surface area contributed by atoms with E-state index in [1.54, 1.807) is 18.2 Å². The molecule has 0 aliphatic heterocycles. The summed E-state index contributed by atoms with van der Waals surface area (Å²) in [5.41, 5.74) is 17.1. The van der Waals surface area contributed by atoms with Gasteiger partial charge in [-0.3, -0.25) is 9.13 Å². The minimum Gasteiger partial charge on any atom is -0.456 e. The van der Waals surface area contributed by atoms with Crippen LogP contribution >= 0.6 is 15.9 Å². The summed E-state index contributed by atoms with van der Waals surface area (Å²) in [4.78, 5) is 9.81. The number of nitrogens with zero attached hydrogens (tertiary/aromatic N) is 6. The first-order valence-electron chi connectivity index (χ1n) is 31.2. The SMILES string of the molecule is Brc1cccc(-n2c3ccccc3c3ccccc32)n1.OB(O)c1ccc2oc3ccc(-n4c5ccccc5c5ccccc54)cc3c2c1.c1cc(-c2ccc3oc4ccc(-n5c6ccccc6c6ccccc65)cc4c3c2)nc(-n2c3ccccc3c3ccccc32)c1. The highest BCUT2D eigenvalue weighted by Crippen LogP contribution is 2.40. The van der Waals surface area contributed by atoms with Crippen LogP contribution in [0.3, 0.4) is 0 Å². The molecule has 8 heterocycles. The molecule has 10 nitrogen and oxygen atoms in total. The van der Waals surface area contributed by atoms with Gasteiger partial charge in [0.2, 0.25) is 0 Å². The van der Waals surface area contributed by atoms with Gasteiger partial charge in [0.1, 0.15) is 38.6 Å². The summed E-state index contributed by atoms with van der Waals surface area (Å²) in [6, 6.07) is 105. The maximum Gasteiger partial charge on any atom is 0.488 e. The Hall–Kier alpha value is -11.8. The van der Waals surface area contributed by atoms with Gasteiger partial charge in [0, 0.05) is 81.6 Å². The van der Waals surface area contributed by atoms with E-state index >= 15 is 0 Å². The minimum atomic E-state index is -1.51. The Kier molecular flexibility index (Phi) is 13.0. The molecule has 0 saturated heterocycles. The fourth-order valence-electron chi connectivity index (χ4n) is 14.1. The van der Waals surface area contributed by atoms with Crippen LogP contribution in [0.15, 0.2) is 317 Å². The van der Waals surface area contributed by atoms with E-state index in [9.17, 15) is 10.0 Å². The average molecular weight is 1280 g/mol. The third kappa shape index (κ3) is 9.02. The molecule has 444 valence electrons. The lowest BCUT2D eigenvalue weighted by molar-refractivity contribution is 0.426. The van der Waals surface area contributed by atoms with Crippen molar-refractivity contribution in [3.05, 3.63) is 308 Å². The lowest BCUT2D eigenvalue weighted by atomic mass is 9.80. The monoisotopic (exact) mass is 1270 g/mol. The zero-order valence-corrected chi connectivity index (χ0v) is 51.8. The van der Waals surface area contributed by atoms with E-state index in [4.69, 9.17) is 13.8 Å². The second kappa shape index (κ2) is 22.3. The molecule has 0 atom stereocenters. The van der Waals surface area contributed by atoms with Gasteiger partial charge in [-0.25, -0.2) is 9.97 Å². The molecule has 0 fully saturated rings. The lowest BCUT2D eigenvalue weighted by Gasteiger charge is -2.09. The number of pyridine rings is 2. The Morgan fingerprint density at radius 3 is 0.979 bits per heavy atom. The first-order chi connectivity index (χ1) is 46.4. The van der Waals surface area contributed by atoms with Crippen LogP contribution in [0.25, 0.3) is 165 Å². The van der Waals surface area contributed by atoms with Gasteiger partial charge >= 0.3 is 7.12 Å². The molecule has 0 amide bonds. The molecule has 12 heteroatoms. The Labute approximate surface area is 545 Å². The predicted octanol–water partition coefficient (Wildman–Crippen LogP) is 20.1. The van der Waals surface area contributed by atoms with Crippen LogP contribution in [0.1, 0.15) is 0 Å². The average Bonchev–Trinajstić information content (AvgIpc) is 1.61. The lowest BCUT2D eigenvalue weighted by Crippen LogP contribution is -2.29. The first-order valence-corrected chi connectivity index (χ1v) is 32.0. The largest absolute Gasteiger partial charge is 0.488 e. The highest BCUT2D eigenvalue weighted by molar-refractivity contribution is 9.10. The third-order valence-corrected chi connectivity index (χ3v) is 18.7. The second-order valence-electron chi connectivity index (χ2n) is 23.6. The summed E-state index contributed by atoms with van der Waals surface area (Å²) < 4.78 is 22.2. The number of rotatable bonds is 6. The van der Waals surface area contributed by atoms with Crippen molar-refractivity contribution in [2.45, 2.75) is 0 Å². The Morgan fingerprint density at radius 2 is 0.596 bits per heavy atom. The summed E-state index contributed by atoms with van der Waals surface area (Å²) in [7, 11) is -1.51. The fourth-order valence-corrected chi connectivity index (χ4v) is 14.5. The highest BCUT2D eigenvalue weighted by Gasteiger charge is 2.20. The predicted molar refractivity (Wildman–Crippen MR) is 390 cm³/mol. The van der Waals surface area contributed by atoms with Crippen LogP contribution in [-0.4, -0.2) is 45.4 Å². The molecular weight excluding hydrogens is 1220 g/mol. The van der Waals surface area contributed by atoms with Crippen LogP contribution in [-0.2, 0) is 0 Å². The number of fused-ring (bicyclic) bond motifs is 18. The summed E-state index contributed by atoms with van der Waals surface area (Å²) in [6.45, 7) is 0.